The molecule has 0 spiro atoms. The van der Waals surface area contributed by atoms with Gasteiger partial charge in [0, 0.05) is 18.5 Å². The Morgan fingerprint density at radius 2 is 1.31 bits per heavy atom. The fourth-order valence-electron chi connectivity index (χ4n) is 3.79. The van der Waals surface area contributed by atoms with Crippen molar-refractivity contribution in [2.24, 2.45) is 0 Å². The summed E-state index contributed by atoms with van der Waals surface area (Å²) in [6.45, 7) is 9.50. The highest BCUT2D eigenvalue weighted by molar-refractivity contribution is 5.85. The van der Waals surface area contributed by atoms with Crippen LogP contribution in [0.4, 0.5) is 0 Å². The lowest BCUT2D eigenvalue weighted by molar-refractivity contribution is 0.0914. The SMILES string of the molecule is CC(C)N(CC#CCC1(O)c2ccccc2-c2ccccc21)C(C)C.Cl. The van der Waals surface area contributed by atoms with Crippen molar-refractivity contribution in [3.8, 4) is 23.0 Å². The zero-order valence-corrected chi connectivity index (χ0v) is 16.8. The van der Waals surface area contributed by atoms with Gasteiger partial charge >= 0.3 is 0 Å². The van der Waals surface area contributed by atoms with E-state index in [-0.39, 0.29) is 12.4 Å². The summed E-state index contributed by atoms with van der Waals surface area (Å²) in [5.74, 6) is 6.53. The van der Waals surface area contributed by atoms with E-state index in [2.05, 4.69) is 56.6 Å². The Labute approximate surface area is 163 Å². The minimum atomic E-state index is -1.01. The van der Waals surface area contributed by atoms with Gasteiger partial charge in [0.15, 0.2) is 0 Å². The number of halogens is 1. The van der Waals surface area contributed by atoms with E-state index in [1.165, 1.54) is 0 Å². The Bertz CT molecular complexity index is 763. The second kappa shape index (κ2) is 8.27. The smallest absolute Gasteiger partial charge is 0.127 e. The lowest BCUT2D eigenvalue weighted by Gasteiger charge is -2.28. The molecule has 0 fully saturated rings. The van der Waals surface area contributed by atoms with Gasteiger partial charge in [0.2, 0.25) is 0 Å². The number of hydrogen-bond acceptors (Lipinski definition) is 2. The molecule has 0 bridgehead atoms. The third kappa shape index (κ3) is 3.67. The minimum Gasteiger partial charge on any atom is -0.379 e. The summed E-state index contributed by atoms with van der Waals surface area (Å²) in [7, 11) is 0. The van der Waals surface area contributed by atoms with Crippen LogP contribution in [0.15, 0.2) is 48.5 Å². The predicted molar refractivity (Wildman–Crippen MR) is 111 cm³/mol. The molecule has 1 N–H and O–H groups in total. The van der Waals surface area contributed by atoms with Gasteiger partial charge in [0.1, 0.15) is 5.60 Å². The van der Waals surface area contributed by atoms with Crippen molar-refractivity contribution < 1.29 is 5.11 Å². The molecule has 0 radical (unpaired) electrons. The molecule has 0 aliphatic heterocycles. The van der Waals surface area contributed by atoms with Crippen LogP contribution in [0, 0.1) is 11.8 Å². The zero-order chi connectivity index (χ0) is 18.0. The first-order valence-corrected chi connectivity index (χ1v) is 9.08. The third-order valence-corrected chi connectivity index (χ3v) is 5.09. The highest BCUT2D eigenvalue weighted by Gasteiger charge is 2.40. The highest BCUT2D eigenvalue weighted by Crippen LogP contribution is 2.48. The van der Waals surface area contributed by atoms with Gasteiger partial charge in [-0.1, -0.05) is 60.4 Å². The van der Waals surface area contributed by atoms with Gasteiger partial charge in [-0.05, 0) is 49.9 Å². The van der Waals surface area contributed by atoms with Crippen molar-refractivity contribution in [1.29, 1.82) is 0 Å². The Kier molecular flexibility index (Phi) is 6.53. The van der Waals surface area contributed by atoms with E-state index >= 15 is 0 Å². The van der Waals surface area contributed by atoms with Crippen LogP contribution in [0.1, 0.15) is 45.2 Å². The number of benzene rings is 2. The van der Waals surface area contributed by atoms with Crippen LogP contribution in [0.5, 0.6) is 0 Å². The highest BCUT2D eigenvalue weighted by atomic mass is 35.5. The Hall–Kier alpha value is -1.79. The van der Waals surface area contributed by atoms with Crippen molar-refractivity contribution in [2.75, 3.05) is 6.54 Å². The average Bonchev–Trinajstić information content (AvgIpc) is 2.85. The molecule has 26 heavy (non-hydrogen) atoms. The van der Waals surface area contributed by atoms with Crippen LogP contribution in [0.3, 0.4) is 0 Å². The van der Waals surface area contributed by atoms with Gasteiger partial charge in [-0.15, -0.1) is 12.4 Å². The standard InChI is InChI=1S/C23H27NO.ClH/c1-17(2)24(18(3)4)16-10-9-15-23(25)21-13-7-5-11-19(21)20-12-6-8-14-22(20)23;/h5-8,11-14,17-18,25H,15-16H2,1-4H3;1H. The van der Waals surface area contributed by atoms with Gasteiger partial charge < -0.3 is 5.11 Å². The van der Waals surface area contributed by atoms with E-state index in [0.717, 1.165) is 28.8 Å². The van der Waals surface area contributed by atoms with Crippen molar-refractivity contribution in [3.05, 3.63) is 59.7 Å². The first-order chi connectivity index (χ1) is 11.9. The van der Waals surface area contributed by atoms with Crippen molar-refractivity contribution in [3.63, 3.8) is 0 Å². The van der Waals surface area contributed by atoms with E-state index in [9.17, 15) is 5.11 Å². The molecular formula is C23H28ClNO. The fraction of sp³-hybridized carbons (Fsp3) is 0.391. The van der Waals surface area contributed by atoms with E-state index in [4.69, 9.17) is 0 Å². The van der Waals surface area contributed by atoms with Crippen LogP contribution in [0.2, 0.25) is 0 Å². The van der Waals surface area contributed by atoms with Gasteiger partial charge in [-0.3, -0.25) is 4.90 Å². The number of nitrogens with zero attached hydrogens (tertiary/aromatic N) is 1. The van der Waals surface area contributed by atoms with Gasteiger partial charge in [0.25, 0.3) is 0 Å². The number of rotatable bonds is 4. The lowest BCUT2D eigenvalue weighted by atomic mass is 9.88. The molecule has 2 aromatic rings. The summed E-state index contributed by atoms with van der Waals surface area (Å²) in [5, 5.41) is 11.5. The summed E-state index contributed by atoms with van der Waals surface area (Å²) < 4.78 is 0. The number of hydrogen-bond donors (Lipinski definition) is 1. The molecule has 1 aliphatic carbocycles. The third-order valence-electron chi connectivity index (χ3n) is 5.09. The first-order valence-electron chi connectivity index (χ1n) is 9.08. The van der Waals surface area contributed by atoms with Crippen molar-refractivity contribution >= 4 is 12.4 Å². The molecule has 2 nitrogen and oxygen atoms in total. The van der Waals surface area contributed by atoms with Crippen LogP contribution in [-0.2, 0) is 5.60 Å². The molecule has 0 aromatic heterocycles. The Balaban J connectivity index is 0.00000243. The zero-order valence-electron chi connectivity index (χ0n) is 16.0. The van der Waals surface area contributed by atoms with E-state index < -0.39 is 5.60 Å². The molecule has 0 unspecified atom stereocenters. The summed E-state index contributed by atoms with van der Waals surface area (Å²) in [5.41, 5.74) is 3.16. The summed E-state index contributed by atoms with van der Waals surface area (Å²) in [4.78, 5) is 2.35. The molecule has 0 amide bonds. The maximum Gasteiger partial charge on any atom is 0.127 e. The maximum atomic E-state index is 11.5. The molecule has 0 atom stereocenters. The van der Waals surface area contributed by atoms with Crippen molar-refractivity contribution in [1.82, 2.24) is 4.90 Å². The van der Waals surface area contributed by atoms with Gasteiger partial charge in [0.05, 0.1) is 6.54 Å². The summed E-state index contributed by atoms with van der Waals surface area (Å²) in [6, 6.07) is 17.2. The monoisotopic (exact) mass is 369 g/mol. The maximum absolute atomic E-state index is 11.5. The molecule has 1 aliphatic rings. The van der Waals surface area contributed by atoms with E-state index in [1.54, 1.807) is 0 Å². The molecule has 2 aromatic carbocycles. The Morgan fingerprint density at radius 1 is 0.846 bits per heavy atom. The quantitative estimate of drug-likeness (QED) is 0.779. The minimum absolute atomic E-state index is 0. The molecule has 138 valence electrons. The van der Waals surface area contributed by atoms with Crippen LogP contribution in [-0.4, -0.2) is 28.6 Å². The summed E-state index contributed by atoms with van der Waals surface area (Å²) in [6.07, 6.45) is 0.422. The second-order valence-electron chi connectivity index (χ2n) is 7.34. The van der Waals surface area contributed by atoms with E-state index in [1.807, 2.05) is 36.4 Å². The largest absolute Gasteiger partial charge is 0.379 e. The molecule has 0 saturated carbocycles. The molecular weight excluding hydrogens is 342 g/mol. The topological polar surface area (TPSA) is 23.5 Å². The van der Waals surface area contributed by atoms with Crippen molar-refractivity contribution in [2.45, 2.75) is 51.8 Å². The average molecular weight is 370 g/mol. The molecule has 0 saturated heterocycles. The van der Waals surface area contributed by atoms with Gasteiger partial charge in [-0.2, -0.15) is 0 Å². The van der Waals surface area contributed by atoms with Crippen LogP contribution < -0.4 is 0 Å². The predicted octanol–water partition coefficient (Wildman–Crippen LogP) is 4.84. The van der Waals surface area contributed by atoms with E-state index in [0.29, 0.717) is 18.5 Å². The number of fused-ring (bicyclic) bond motifs is 3. The molecule has 3 rings (SSSR count). The molecule has 3 heteroatoms. The fourth-order valence-corrected chi connectivity index (χ4v) is 3.79. The van der Waals surface area contributed by atoms with Gasteiger partial charge in [-0.25, -0.2) is 0 Å². The van der Waals surface area contributed by atoms with Crippen LogP contribution >= 0.6 is 12.4 Å². The second-order valence-corrected chi connectivity index (χ2v) is 7.34. The lowest BCUT2D eigenvalue weighted by Crippen LogP contribution is -2.37. The summed E-state index contributed by atoms with van der Waals surface area (Å²) >= 11 is 0. The number of aliphatic hydroxyl groups is 1. The normalized spacial score (nSPS) is 13.8. The Morgan fingerprint density at radius 3 is 1.77 bits per heavy atom. The van der Waals surface area contributed by atoms with Crippen LogP contribution in [0.25, 0.3) is 11.1 Å². The molecule has 0 heterocycles. The first kappa shape index (κ1) is 20.5.